The first-order chi connectivity index (χ1) is 9.18. The van der Waals surface area contributed by atoms with Crippen LogP contribution in [0.5, 0.6) is 0 Å². The van der Waals surface area contributed by atoms with Gasteiger partial charge in [0.1, 0.15) is 5.82 Å². The summed E-state index contributed by atoms with van der Waals surface area (Å²) in [4.78, 5) is 4.38. The molecule has 4 nitrogen and oxygen atoms in total. The van der Waals surface area contributed by atoms with Crippen molar-refractivity contribution >= 4 is 16.7 Å². The Kier molecular flexibility index (Phi) is 2.71. The summed E-state index contributed by atoms with van der Waals surface area (Å²) in [6, 6.07) is 10.1. The van der Waals surface area contributed by atoms with Gasteiger partial charge in [0.25, 0.3) is 0 Å². The number of pyridine rings is 1. The third-order valence-electron chi connectivity index (χ3n) is 3.33. The van der Waals surface area contributed by atoms with Crippen LogP contribution in [0.4, 0.5) is 5.82 Å². The Bertz CT molecular complexity index is 723. The van der Waals surface area contributed by atoms with Gasteiger partial charge in [-0.25, -0.2) is 0 Å². The lowest BCUT2D eigenvalue weighted by molar-refractivity contribution is 0.873. The molecule has 0 saturated carbocycles. The molecule has 0 amide bonds. The molecule has 19 heavy (non-hydrogen) atoms. The number of hydrogen-bond donors (Lipinski definition) is 2. The molecular formula is C15H16N4. The van der Waals surface area contributed by atoms with Crippen LogP contribution >= 0.6 is 0 Å². The van der Waals surface area contributed by atoms with Crippen molar-refractivity contribution in [3.05, 3.63) is 42.1 Å². The first-order valence-corrected chi connectivity index (χ1v) is 6.36. The van der Waals surface area contributed by atoms with E-state index in [1.807, 2.05) is 18.2 Å². The van der Waals surface area contributed by atoms with Crippen LogP contribution < -0.4 is 5.73 Å². The Labute approximate surface area is 111 Å². The van der Waals surface area contributed by atoms with Crippen LogP contribution in [0, 0.1) is 0 Å². The molecule has 3 N–H and O–H groups in total. The molecular weight excluding hydrogens is 236 g/mol. The van der Waals surface area contributed by atoms with E-state index < -0.39 is 0 Å². The lowest BCUT2D eigenvalue weighted by Gasteiger charge is -2.09. The zero-order chi connectivity index (χ0) is 13.4. The van der Waals surface area contributed by atoms with Gasteiger partial charge >= 0.3 is 0 Å². The molecule has 1 aromatic carbocycles. The molecule has 0 aliphatic carbocycles. The summed E-state index contributed by atoms with van der Waals surface area (Å²) in [6.45, 7) is 4.24. The van der Waals surface area contributed by atoms with Gasteiger partial charge in [0.15, 0.2) is 0 Å². The number of benzene rings is 1. The number of anilines is 1. The molecule has 0 aliphatic rings. The van der Waals surface area contributed by atoms with Gasteiger partial charge in [-0.05, 0) is 18.1 Å². The number of nitrogens with two attached hydrogens (primary N) is 1. The van der Waals surface area contributed by atoms with Crippen LogP contribution in [-0.4, -0.2) is 15.2 Å². The summed E-state index contributed by atoms with van der Waals surface area (Å²) >= 11 is 0. The van der Waals surface area contributed by atoms with Gasteiger partial charge < -0.3 is 5.73 Å². The lowest BCUT2D eigenvalue weighted by Crippen LogP contribution is -1.95. The molecule has 0 atom stereocenters. The fourth-order valence-corrected chi connectivity index (χ4v) is 2.48. The molecule has 0 aliphatic heterocycles. The summed E-state index contributed by atoms with van der Waals surface area (Å²) < 4.78 is 0. The minimum atomic E-state index is 0.320. The number of nitrogen functional groups attached to an aromatic ring is 1. The van der Waals surface area contributed by atoms with E-state index in [9.17, 15) is 0 Å². The quantitative estimate of drug-likeness (QED) is 0.735. The Morgan fingerprint density at radius 2 is 2.00 bits per heavy atom. The number of fused-ring (bicyclic) bond motifs is 1. The van der Waals surface area contributed by atoms with Crippen molar-refractivity contribution in [2.75, 3.05) is 5.73 Å². The topological polar surface area (TPSA) is 67.6 Å². The van der Waals surface area contributed by atoms with Crippen molar-refractivity contribution in [1.29, 1.82) is 0 Å². The van der Waals surface area contributed by atoms with Crippen LogP contribution in [0.1, 0.15) is 25.3 Å². The highest BCUT2D eigenvalue weighted by atomic mass is 15.2. The fourth-order valence-electron chi connectivity index (χ4n) is 2.48. The Morgan fingerprint density at radius 3 is 2.79 bits per heavy atom. The Hall–Kier alpha value is -2.36. The third-order valence-corrected chi connectivity index (χ3v) is 3.33. The van der Waals surface area contributed by atoms with Crippen molar-refractivity contribution in [1.82, 2.24) is 15.2 Å². The van der Waals surface area contributed by atoms with Crippen LogP contribution in [0.2, 0.25) is 0 Å². The van der Waals surface area contributed by atoms with Crippen LogP contribution in [0.25, 0.3) is 22.2 Å². The van der Waals surface area contributed by atoms with Gasteiger partial charge in [-0.1, -0.05) is 32.0 Å². The average Bonchev–Trinajstić information content (AvgIpc) is 2.80. The molecule has 0 spiro atoms. The highest BCUT2D eigenvalue weighted by Crippen LogP contribution is 2.34. The number of aromatic nitrogens is 3. The number of rotatable bonds is 2. The number of nitrogens with one attached hydrogen (secondary N) is 1. The molecule has 0 radical (unpaired) electrons. The van der Waals surface area contributed by atoms with E-state index in [1.165, 1.54) is 0 Å². The fraction of sp³-hybridized carbons (Fsp3) is 0.200. The maximum atomic E-state index is 5.97. The van der Waals surface area contributed by atoms with E-state index in [4.69, 9.17) is 5.73 Å². The third kappa shape index (κ3) is 1.85. The van der Waals surface area contributed by atoms with E-state index in [-0.39, 0.29) is 0 Å². The molecule has 0 bridgehead atoms. The molecule has 3 aromatic rings. The molecule has 96 valence electrons. The second kappa shape index (κ2) is 4.39. The van der Waals surface area contributed by atoms with Gasteiger partial charge in [0.2, 0.25) is 0 Å². The summed E-state index contributed by atoms with van der Waals surface area (Å²) in [5, 5.41) is 8.32. The van der Waals surface area contributed by atoms with Crippen molar-refractivity contribution in [3.8, 4) is 11.3 Å². The summed E-state index contributed by atoms with van der Waals surface area (Å²) in [5.74, 6) is 0.895. The van der Waals surface area contributed by atoms with Crippen molar-refractivity contribution in [2.24, 2.45) is 0 Å². The smallest absolute Gasteiger partial charge is 0.149 e. The normalized spacial score (nSPS) is 11.3. The largest absolute Gasteiger partial charge is 0.382 e. The lowest BCUT2D eigenvalue weighted by atomic mass is 9.96. The highest BCUT2D eigenvalue weighted by Gasteiger charge is 2.17. The minimum absolute atomic E-state index is 0.320. The maximum Gasteiger partial charge on any atom is 0.149 e. The van der Waals surface area contributed by atoms with E-state index >= 15 is 0 Å². The second-order valence-electron chi connectivity index (χ2n) is 4.93. The van der Waals surface area contributed by atoms with Crippen LogP contribution in [-0.2, 0) is 0 Å². The predicted octanol–water partition coefficient (Wildman–Crippen LogP) is 3.33. The number of hydrogen-bond acceptors (Lipinski definition) is 3. The summed E-state index contributed by atoms with van der Waals surface area (Å²) in [5.41, 5.74) is 10.1. The Morgan fingerprint density at radius 1 is 1.16 bits per heavy atom. The van der Waals surface area contributed by atoms with E-state index in [0.29, 0.717) is 11.7 Å². The van der Waals surface area contributed by atoms with Crippen molar-refractivity contribution in [3.63, 3.8) is 0 Å². The summed E-state index contributed by atoms with van der Waals surface area (Å²) in [7, 11) is 0. The summed E-state index contributed by atoms with van der Waals surface area (Å²) in [6.07, 6.45) is 1.80. The number of nitrogens with zero attached hydrogens (tertiary/aromatic N) is 2. The first kappa shape index (κ1) is 11.7. The zero-order valence-corrected chi connectivity index (χ0v) is 11.0. The Balaban J connectivity index is 2.31. The van der Waals surface area contributed by atoms with Gasteiger partial charge in [0, 0.05) is 22.7 Å². The molecule has 0 fully saturated rings. The van der Waals surface area contributed by atoms with Gasteiger partial charge in [-0.15, -0.1) is 0 Å². The molecule has 3 rings (SSSR count). The van der Waals surface area contributed by atoms with Crippen LogP contribution in [0.15, 0.2) is 36.5 Å². The van der Waals surface area contributed by atoms with Crippen LogP contribution in [0.3, 0.4) is 0 Å². The average molecular weight is 252 g/mol. The highest BCUT2D eigenvalue weighted by molar-refractivity contribution is 5.94. The molecule has 2 heterocycles. The van der Waals surface area contributed by atoms with Crippen molar-refractivity contribution in [2.45, 2.75) is 19.8 Å². The molecule has 0 unspecified atom stereocenters. The first-order valence-electron chi connectivity index (χ1n) is 6.36. The van der Waals surface area contributed by atoms with Gasteiger partial charge in [-0.2, -0.15) is 5.10 Å². The predicted molar refractivity (Wildman–Crippen MR) is 77.8 cm³/mol. The molecule has 4 heteroatoms. The standard InChI is InChI=1S/C15H16N4/c1-9(2)13-14(18-19-15(13)16)11-5-3-7-12-10(11)6-4-8-17-12/h3-9H,1-2H3,(H3,16,18,19). The van der Waals surface area contributed by atoms with Gasteiger partial charge in [-0.3, -0.25) is 10.1 Å². The zero-order valence-electron chi connectivity index (χ0n) is 11.0. The van der Waals surface area contributed by atoms with E-state index in [0.717, 1.165) is 27.7 Å². The second-order valence-corrected chi connectivity index (χ2v) is 4.93. The molecule has 2 aromatic heterocycles. The maximum absolute atomic E-state index is 5.97. The molecule has 0 saturated heterocycles. The van der Waals surface area contributed by atoms with E-state index in [2.05, 4.69) is 41.2 Å². The number of aromatic amines is 1. The minimum Gasteiger partial charge on any atom is -0.382 e. The monoisotopic (exact) mass is 252 g/mol. The van der Waals surface area contributed by atoms with E-state index in [1.54, 1.807) is 6.20 Å². The number of H-pyrrole nitrogens is 1. The SMILES string of the molecule is CC(C)c1c(N)n[nH]c1-c1cccc2ncccc12. The van der Waals surface area contributed by atoms with Gasteiger partial charge in [0.05, 0.1) is 11.2 Å². The van der Waals surface area contributed by atoms with Crippen molar-refractivity contribution < 1.29 is 0 Å².